The monoisotopic (exact) mass is 312 g/mol. The second-order valence-electron chi connectivity index (χ2n) is 4.01. The van der Waals surface area contributed by atoms with Crippen LogP contribution in [0.25, 0.3) is 0 Å². The molecule has 0 spiro atoms. The summed E-state index contributed by atoms with van der Waals surface area (Å²) in [6.07, 6.45) is 0.777. The molecule has 1 aliphatic rings. The van der Waals surface area contributed by atoms with Gasteiger partial charge in [-0.25, -0.2) is 0 Å². The summed E-state index contributed by atoms with van der Waals surface area (Å²) in [6, 6.07) is 4.86. The number of ether oxygens (including phenoxy) is 1. The number of nitrogens with two attached hydrogens (primary N) is 1. The largest absolute Gasteiger partial charge is 0.377 e. The lowest BCUT2D eigenvalue weighted by atomic mass is 10.1. The van der Waals surface area contributed by atoms with Gasteiger partial charge in [0.15, 0.2) is 6.29 Å². The van der Waals surface area contributed by atoms with E-state index in [4.69, 9.17) is 10.5 Å². The van der Waals surface area contributed by atoms with Gasteiger partial charge < -0.3 is 15.4 Å². The van der Waals surface area contributed by atoms with E-state index in [2.05, 4.69) is 15.9 Å². The molecule has 1 unspecified atom stereocenters. The number of aldehydes is 1. The van der Waals surface area contributed by atoms with Crippen LogP contribution in [-0.2, 0) is 9.53 Å². The van der Waals surface area contributed by atoms with Crippen LogP contribution in [0.15, 0.2) is 22.7 Å². The van der Waals surface area contributed by atoms with Crippen LogP contribution < -0.4 is 10.6 Å². The molecule has 18 heavy (non-hydrogen) atoms. The molecule has 1 aromatic carbocycles. The Labute approximate surface area is 113 Å². The molecule has 0 aromatic heterocycles. The SMILES string of the molecule is NC(=O)C1COCCN1c1ccc(C=O)c(Br)c1. The molecule has 1 aliphatic heterocycles. The van der Waals surface area contributed by atoms with Crippen LogP contribution in [0.1, 0.15) is 10.4 Å². The average Bonchev–Trinajstić information content (AvgIpc) is 2.38. The van der Waals surface area contributed by atoms with Crippen LogP contribution in [0, 0.1) is 0 Å². The molecule has 1 aromatic rings. The Hall–Kier alpha value is -1.40. The predicted octanol–water partition coefficient (Wildman–Crippen LogP) is 0.952. The molecule has 2 rings (SSSR count). The maximum Gasteiger partial charge on any atom is 0.242 e. The fraction of sp³-hybridized carbons (Fsp3) is 0.333. The molecule has 1 amide bonds. The van der Waals surface area contributed by atoms with E-state index in [1.807, 2.05) is 11.0 Å². The third-order valence-corrected chi connectivity index (χ3v) is 3.59. The quantitative estimate of drug-likeness (QED) is 0.844. The maximum atomic E-state index is 11.4. The number of hydrogen-bond donors (Lipinski definition) is 1. The number of rotatable bonds is 3. The van der Waals surface area contributed by atoms with E-state index in [1.54, 1.807) is 12.1 Å². The summed E-state index contributed by atoms with van der Waals surface area (Å²) in [6.45, 7) is 1.44. The molecule has 1 atom stereocenters. The lowest BCUT2D eigenvalue weighted by Gasteiger charge is -2.35. The van der Waals surface area contributed by atoms with Gasteiger partial charge in [-0.05, 0) is 34.1 Å². The van der Waals surface area contributed by atoms with Crippen LogP contribution >= 0.6 is 15.9 Å². The van der Waals surface area contributed by atoms with Crippen LogP contribution in [0.3, 0.4) is 0 Å². The van der Waals surface area contributed by atoms with Crippen LogP contribution in [0.5, 0.6) is 0 Å². The lowest BCUT2D eigenvalue weighted by molar-refractivity contribution is -0.121. The van der Waals surface area contributed by atoms with Gasteiger partial charge in [0.2, 0.25) is 5.91 Å². The molecule has 2 N–H and O–H groups in total. The molecule has 0 bridgehead atoms. The Balaban J connectivity index is 2.31. The van der Waals surface area contributed by atoms with Gasteiger partial charge in [-0.15, -0.1) is 0 Å². The minimum absolute atomic E-state index is 0.294. The molecule has 96 valence electrons. The Bertz CT molecular complexity index is 478. The second kappa shape index (κ2) is 5.49. The Morgan fingerprint density at radius 1 is 1.56 bits per heavy atom. The Kier molecular flexibility index (Phi) is 3.98. The van der Waals surface area contributed by atoms with Gasteiger partial charge in [0, 0.05) is 22.3 Å². The van der Waals surface area contributed by atoms with Gasteiger partial charge in [0.1, 0.15) is 6.04 Å². The molecular formula is C12H13BrN2O3. The topological polar surface area (TPSA) is 72.6 Å². The standard InChI is InChI=1S/C12H13BrN2O3/c13-10-5-9(2-1-8(10)6-16)15-3-4-18-7-11(15)12(14)17/h1-2,5-6,11H,3-4,7H2,(H2,14,17). The van der Waals surface area contributed by atoms with Crippen molar-refractivity contribution in [3.63, 3.8) is 0 Å². The Morgan fingerprint density at radius 3 is 2.94 bits per heavy atom. The van der Waals surface area contributed by atoms with Crippen molar-refractivity contribution in [2.24, 2.45) is 5.73 Å². The number of benzene rings is 1. The fourth-order valence-corrected chi connectivity index (χ4v) is 2.40. The van der Waals surface area contributed by atoms with E-state index in [-0.39, 0.29) is 0 Å². The zero-order valence-electron chi connectivity index (χ0n) is 9.64. The number of halogens is 1. The van der Waals surface area contributed by atoms with E-state index < -0.39 is 11.9 Å². The highest BCUT2D eigenvalue weighted by molar-refractivity contribution is 9.10. The first kappa shape index (κ1) is 13.0. The summed E-state index contributed by atoms with van der Waals surface area (Å²) in [5.41, 5.74) is 6.78. The van der Waals surface area contributed by atoms with Crippen LogP contribution in [0.4, 0.5) is 5.69 Å². The normalized spacial score (nSPS) is 19.6. The summed E-state index contributed by atoms with van der Waals surface area (Å²) in [4.78, 5) is 24.0. The number of carbonyl (C=O) groups is 2. The van der Waals surface area contributed by atoms with Gasteiger partial charge in [-0.3, -0.25) is 9.59 Å². The van der Waals surface area contributed by atoms with Crippen molar-refractivity contribution in [1.82, 2.24) is 0 Å². The third kappa shape index (κ3) is 2.54. The molecule has 5 nitrogen and oxygen atoms in total. The first-order valence-corrected chi connectivity index (χ1v) is 6.31. The van der Waals surface area contributed by atoms with Gasteiger partial charge in [-0.2, -0.15) is 0 Å². The number of nitrogens with zero attached hydrogens (tertiary/aromatic N) is 1. The minimum atomic E-state index is -0.465. The smallest absolute Gasteiger partial charge is 0.242 e. The molecular weight excluding hydrogens is 300 g/mol. The predicted molar refractivity (Wildman–Crippen MR) is 70.7 cm³/mol. The molecule has 6 heteroatoms. The molecule has 0 aliphatic carbocycles. The second-order valence-corrected chi connectivity index (χ2v) is 4.86. The summed E-state index contributed by atoms with van der Waals surface area (Å²) < 4.78 is 5.96. The number of amides is 1. The minimum Gasteiger partial charge on any atom is -0.377 e. The molecule has 1 fully saturated rings. The zero-order chi connectivity index (χ0) is 13.1. The molecule has 0 radical (unpaired) electrons. The third-order valence-electron chi connectivity index (χ3n) is 2.90. The number of hydrogen-bond acceptors (Lipinski definition) is 4. The van der Waals surface area contributed by atoms with Crippen LogP contribution in [-0.4, -0.2) is 38.0 Å². The van der Waals surface area contributed by atoms with Crippen molar-refractivity contribution in [1.29, 1.82) is 0 Å². The summed E-state index contributed by atoms with van der Waals surface area (Å²) >= 11 is 3.33. The number of morpholine rings is 1. The van der Waals surface area contributed by atoms with Crippen molar-refractivity contribution < 1.29 is 14.3 Å². The highest BCUT2D eigenvalue weighted by Gasteiger charge is 2.28. The van der Waals surface area contributed by atoms with Gasteiger partial charge >= 0.3 is 0 Å². The van der Waals surface area contributed by atoms with Gasteiger partial charge in [0.25, 0.3) is 0 Å². The highest BCUT2D eigenvalue weighted by atomic mass is 79.9. The van der Waals surface area contributed by atoms with Crippen molar-refractivity contribution in [2.45, 2.75) is 6.04 Å². The first-order valence-electron chi connectivity index (χ1n) is 5.52. The zero-order valence-corrected chi connectivity index (χ0v) is 11.2. The average molecular weight is 313 g/mol. The lowest BCUT2D eigenvalue weighted by Crippen LogP contribution is -2.52. The Morgan fingerprint density at radius 2 is 2.33 bits per heavy atom. The highest BCUT2D eigenvalue weighted by Crippen LogP contribution is 2.25. The van der Waals surface area contributed by atoms with Gasteiger partial charge in [-0.1, -0.05) is 0 Å². The molecule has 1 heterocycles. The van der Waals surface area contributed by atoms with Crippen molar-refractivity contribution in [3.8, 4) is 0 Å². The van der Waals surface area contributed by atoms with E-state index in [0.29, 0.717) is 29.8 Å². The maximum absolute atomic E-state index is 11.4. The fourth-order valence-electron chi connectivity index (χ4n) is 1.94. The number of primary amides is 1. The van der Waals surface area contributed by atoms with Crippen molar-refractivity contribution in [3.05, 3.63) is 28.2 Å². The molecule has 1 saturated heterocycles. The van der Waals surface area contributed by atoms with E-state index in [1.165, 1.54) is 0 Å². The van der Waals surface area contributed by atoms with Gasteiger partial charge in [0.05, 0.1) is 13.2 Å². The van der Waals surface area contributed by atoms with E-state index in [9.17, 15) is 9.59 Å². The molecule has 0 saturated carbocycles. The van der Waals surface area contributed by atoms with Crippen molar-refractivity contribution >= 4 is 33.8 Å². The van der Waals surface area contributed by atoms with E-state index in [0.717, 1.165) is 12.0 Å². The van der Waals surface area contributed by atoms with Crippen molar-refractivity contribution in [2.75, 3.05) is 24.7 Å². The van der Waals surface area contributed by atoms with E-state index >= 15 is 0 Å². The van der Waals surface area contributed by atoms with Crippen LogP contribution in [0.2, 0.25) is 0 Å². The number of anilines is 1. The summed E-state index contributed by atoms with van der Waals surface area (Å²) in [5, 5.41) is 0. The summed E-state index contributed by atoms with van der Waals surface area (Å²) in [5.74, 6) is -0.412. The number of carbonyl (C=O) groups excluding carboxylic acids is 2. The first-order chi connectivity index (χ1) is 8.63. The summed E-state index contributed by atoms with van der Waals surface area (Å²) in [7, 11) is 0.